The van der Waals surface area contributed by atoms with Gasteiger partial charge in [-0.3, -0.25) is 4.90 Å². The SMILES string of the molecule is Cc1cc(Br)cc(CN2CCCN(C)CC2)c1O. The Morgan fingerprint density at radius 1 is 1.22 bits per heavy atom. The Morgan fingerprint density at radius 2 is 2.00 bits per heavy atom. The fourth-order valence-electron chi connectivity index (χ4n) is 2.42. The molecule has 1 saturated heterocycles. The van der Waals surface area contributed by atoms with Crippen molar-refractivity contribution >= 4 is 15.9 Å². The van der Waals surface area contributed by atoms with Crippen LogP contribution in [0.5, 0.6) is 5.75 Å². The van der Waals surface area contributed by atoms with Crippen LogP contribution in [0.3, 0.4) is 0 Å². The molecule has 3 nitrogen and oxygen atoms in total. The van der Waals surface area contributed by atoms with E-state index in [2.05, 4.69) is 32.8 Å². The highest BCUT2D eigenvalue weighted by Gasteiger charge is 2.15. The fourth-order valence-corrected chi connectivity index (χ4v) is 3.04. The summed E-state index contributed by atoms with van der Waals surface area (Å²) >= 11 is 3.50. The number of hydrogen-bond acceptors (Lipinski definition) is 3. The summed E-state index contributed by atoms with van der Waals surface area (Å²) in [6.45, 7) is 7.23. The molecule has 1 aromatic carbocycles. The minimum absolute atomic E-state index is 0.441. The number of benzene rings is 1. The van der Waals surface area contributed by atoms with Crippen LogP contribution in [0, 0.1) is 6.92 Å². The molecule has 0 radical (unpaired) electrons. The largest absolute Gasteiger partial charge is 0.507 e. The standard InChI is InChI=1S/C14H21BrN2O/c1-11-8-13(15)9-12(14(11)18)10-17-5-3-4-16(2)6-7-17/h8-9,18H,3-7,10H2,1-2H3. The maximum atomic E-state index is 10.1. The second kappa shape index (κ2) is 6.04. The summed E-state index contributed by atoms with van der Waals surface area (Å²) in [5.41, 5.74) is 1.96. The normalized spacial score (nSPS) is 18.8. The highest BCUT2D eigenvalue weighted by Crippen LogP contribution is 2.28. The van der Waals surface area contributed by atoms with E-state index in [-0.39, 0.29) is 0 Å². The maximum absolute atomic E-state index is 10.1. The minimum Gasteiger partial charge on any atom is -0.507 e. The van der Waals surface area contributed by atoms with E-state index in [0.717, 1.165) is 41.8 Å². The Labute approximate surface area is 118 Å². The van der Waals surface area contributed by atoms with Gasteiger partial charge in [0.2, 0.25) is 0 Å². The van der Waals surface area contributed by atoms with Gasteiger partial charge in [0.1, 0.15) is 5.75 Å². The molecule has 1 N–H and O–H groups in total. The van der Waals surface area contributed by atoms with Crippen molar-refractivity contribution in [1.82, 2.24) is 9.80 Å². The zero-order chi connectivity index (χ0) is 13.1. The zero-order valence-electron chi connectivity index (χ0n) is 11.1. The van der Waals surface area contributed by atoms with Crippen LogP contribution in [0.2, 0.25) is 0 Å². The summed E-state index contributed by atoms with van der Waals surface area (Å²) in [5.74, 6) is 0.441. The van der Waals surface area contributed by atoms with E-state index in [1.54, 1.807) is 0 Å². The molecule has 0 bridgehead atoms. The molecule has 1 heterocycles. The van der Waals surface area contributed by atoms with Gasteiger partial charge in [-0.25, -0.2) is 0 Å². The van der Waals surface area contributed by atoms with E-state index < -0.39 is 0 Å². The van der Waals surface area contributed by atoms with Crippen molar-refractivity contribution in [1.29, 1.82) is 0 Å². The summed E-state index contributed by atoms with van der Waals surface area (Å²) in [5, 5.41) is 10.1. The number of nitrogens with zero attached hydrogens (tertiary/aromatic N) is 2. The molecule has 18 heavy (non-hydrogen) atoms. The monoisotopic (exact) mass is 312 g/mol. The molecule has 0 amide bonds. The van der Waals surface area contributed by atoms with Crippen LogP contribution in [-0.2, 0) is 6.54 Å². The lowest BCUT2D eigenvalue weighted by Gasteiger charge is -2.21. The first kappa shape index (κ1) is 13.8. The highest BCUT2D eigenvalue weighted by atomic mass is 79.9. The molecular weight excluding hydrogens is 292 g/mol. The van der Waals surface area contributed by atoms with Gasteiger partial charge in [0, 0.05) is 29.7 Å². The van der Waals surface area contributed by atoms with E-state index >= 15 is 0 Å². The molecule has 1 aliphatic heterocycles. The van der Waals surface area contributed by atoms with Gasteiger partial charge < -0.3 is 10.0 Å². The minimum atomic E-state index is 0.441. The smallest absolute Gasteiger partial charge is 0.123 e. The third-order valence-electron chi connectivity index (χ3n) is 3.55. The van der Waals surface area contributed by atoms with Crippen LogP contribution >= 0.6 is 15.9 Å². The van der Waals surface area contributed by atoms with Gasteiger partial charge >= 0.3 is 0 Å². The number of hydrogen-bond donors (Lipinski definition) is 1. The van der Waals surface area contributed by atoms with E-state index in [1.807, 2.05) is 19.1 Å². The van der Waals surface area contributed by atoms with Crippen molar-refractivity contribution in [3.8, 4) is 5.75 Å². The van der Waals surface area contributed by atoms with Gasteiger partial charge in [0.25, 0.3) is 0 Å². The summed E-state index contributed by atoms with van der Waals surface area (Å²) < 4.78 is 1.04. The van der Waals surface area contributed by atoms with Crippen LogP contribution in [0.25, 0.3) is 0 Å². The molecule has 100 valence electrons. The van der Waals surface area contributed by atoms with Crippen molar-refractivity contribution in [2.75, 3.05) is 33.2 Å². The van der Waals surface area contributed by atoms with Gasteiger partial charge in [-0.1, -0.05) is 15.9 Å². The number of rotatable bonds is 2. The van der Waals surface area contributed by atoms with Crippen LogP contribution < -0.4 is 0 Å². The van der Waals surface area contributed by atoms with Gasteiger partial charge in [-0.05, 0) is 51.2 Å². The molecule has 1 aromatic rings. The number of likely N-dealkylation sites (N-methyl/N-ethyl adjacent to an activating group) is 1. The molecular formula is C14H21BrN2O. The fraction of sp³-hybridized carbons (Fsp3) is 0.571. The van der Waals surface area contributed by atoms with Gasteiger partial charge in [0.05, 0.1) is 0 Å². The highest BCUT2D eigenvalue weighted by molar-refractivity contribution is 9.10. The molecule has 0 aliphatic carbocycles. The summed E-state index contributed by atoms with van der Waals surface area (Å²) in [4.78, 5) is 4.79. The van der Waals surface area contributed by atoms with E-state index in [0.29, 0.717) is 5.75 Å². The summed E-state index contributed by atoms with van der Waals surface area (Å²) in [6.07, 6.45) is 1.20. The molecule has 1 fully saturated rings. The molecule has 4 heteroatoms. The van der Waals surface area contributed by atoms with E-state index in [9.17, 15) is 5.11 Å². The van der Waals surface area contributed by atoms with Crippen LogP contribution in [0.4, 0.5) is 0 Å². The Hall–Kier alpha value is -0.580. The molecule has 1 aliphatic rings. The number of phenolic OH excluding ortho intramolecular Hbond substituents is 1. The predicted molar refractivity (Wildman–Crippen MR) is 77.9 cm³/mol. The topological polar surface area (TPSA) is 26.7 Å². The van der Waals surface area contributed by atoms with Crippen LogP contribution in [-0.4, -0.2) is 48.1 Å². The average Bonchev–Trinajstić information content (AvgIpc) is 2.51. The van der Waals surface area contributed by atoms with Crippen molar-refractivity contribution in [3.63, 3.8) is 0 Å². The van der Waals surface area contributed by atoms with E-state index in [4.69, 9.17) is 0 Å². The lowest BCUT2D eigenvalue weighted by molar-refractivity contribution is 0.265. The third kappa shape index (κ3) is 3.46. The van der Waals surface area contributed by atoms with Gasteiger partial charge in [0.15, 0.2) is 0 Å². The Morgan fingerprint density at radius 3 is 2.78 bits per heavy atom. The molecule has 2 rings (SSSR count). The van der Waals surface area contributed by atoms with Crippen molar-refractivity contribution in [2.45, 2.75) is 19.9 Å². The van der Waals surface area contributed by atoms with E-state index in [1.165, 1.54) is 13.0 Å². The first-order chi connectivity index (χ1) is 8.56. The first-order valence-corrected chi connectivity index (χ1v) is 7.24. The van der Waals surface area contributed by atoms with Crippen molar-refractivity contribution < 1.29 is 5.11 Å². The third-order valence-corrected chi connectivity index (χ3v) is 4.01. The number of halogens is 1. The molecule has 0 spiro atoms. The zero-order valence-corrected chi connectivity index (χ0v) is 12.7. The second-order valence-corrected chi connectivity index (χ2v) is 6.08. The van der Waals surface area contributed by atoms with Crippen molar-refractivity contribution in [2.24, 2.45) is 0 Å². The quantitative estimate of drug-likeness (QED) is 0.909. The van der Waals surface area contributed by atoms with Crippen LogP contribution in [0.1, 0.15) is 17.5 Å². The predicted octanol–water partition coefficient (Wildman–Crippen LogP) is 2.60. The Kier molecular flexibility index (Phi) is 4.65. The number of phenols is 1. The molecule has 0 aromatic heterocycles. The van der Waals surface area contributed by atoms with Gasteiger partial charge in [-0.2, -0.15) is 0 Å². The first-order valence-electron chi connectivity index (χ1n) is 6.45. The van der Waals surface area contributed by atoms with Crippen molar-refractivity contribution in [3.05, 3.63) is 27.7 Å². The van der Waals surface area contributed by atoms with Crippen LogP contribution in [0.15, 0.2) is 16.6 Å². The Bertz CT molecular complexity index is 423. The summed E-state index contributed by atoms with van der Waals surface area (Å²) in [7, 11) is 2.17. The number of aryl methyl sites for hydroxylation is 1. The lowest BCUT2D eigenvalue weighted by atomic mass is 10.1. The Balaban J connectivity index is 2.09. The van der Waals surface area contributed by atoms with Gasteiger partial charge in [-0.15, -0.1) is 0 Å². The summed E-state index contributed by atoms with van der Waals surface area (Å²) in [6, 6.07) is 3.98. The molecule has 0 atom stereocenters. The second-order valence-electron chi connectivity index (χ2n) is 5.16. The lowest BCUT2D eigenvalue weighted by Crippen LogP contribution is -2.28. The average molecular weight is 313 g/mol. The molecule has 0 saturated carbocycles. The maximum Gasteiger partial charge on any atom is 0.123 e. The molecule has 0 unspecified atom stereocenters. The number of aromatic hydroxyl groups is 1.